The molecular formula is C4H6F. The van der Waals surface area contributed by atoms with Crippen LogP contribution in [0.1, 0.15) is 12.8 Å². The Kier molecular flexibility index (Phi) is 0.601. The zero-order valence-electron chi connectivity index (χ0n) is 3.00. The molecule has 0 aromatic carbocycles. The Balaban J connectivity index is 2.00. The fourth-order valence-electron chi connectivity index (χ4n) is 0.222. The summed E-state index contributed by atoms with van der Waals surface area (Å²) in [6, 6.07) is 0. The maximum Gasteiger partial charge on any atom is 0.0956 e. The number of rotatable bonds is 1. The van der Waals surface area contributed by atoms with E-state index in [9.17, 15) is 4.39 Å². The summed E-state index contributed by atoms with van der Waals surface area (Å²) in [5.74, 6) is 1.09. The van der Waals surface area contributed by atoms with Crippen molar-refractivity contribution in [3.05, 3.63) is 5.92 Å². The highest BCUT2D eigenvalue weighted by atomic mass is 19.1. The third-order valence-electron chi connectivity index (χ3n) is 0.793. The molecule has 1 fully saturated rings. The van der Waals surface area contributed by atoms with Crippen LogP contribution >= 0.6 is 0 Å². The Labute approximate surface area is 31.0 Å². The second-order valence-corrected chi connectivity index (χ2v) is 1.38. The minimum atomic E-state index is -0.167. The summed E-state index contributed by atoms with van der Waals surface area (Å²) >= 11 is 0. The highest BCUT2D eigenvalue weighted by molar-refractivity contribution is 5.04. The van der Waals surface area contributed by atoms with E-state index in [1.807, 2.05) is 0 Å². The van der Waals surface area contributed by atoms with Crippen LogP contribution < -0.4 is 0 Å². The van der Waals surface area contributed by atoms with E-state index in [4.69, 9.17) is 0 Å². The Morgan fingerprint density at radius 1 is 1.60 bits per heavy atom. The summed E-state index contributed by atoms with van der Waals surface area (Å²) in [6.45, 7) is -0.167. The highest BCUT2D eigenvalue weighted by Crippen LogP contribution is 2.31. The third-order valence-corrected chi connectivity index (χ3v) is 0.793. The van der Waals surface area contributed by atoms with Gasteiger partial charge in [-0.1, -0.05) is 0 Å². The molecule has 1 rings (SSSR count). The zero-order valence-corrected chi connectivity index (χ0v) is 3.00. The van der Waals surface area contributed by atoms with Crippen LogP contribution in [0.2, 0.25) is 0 Å². The van der Waals surface area contributed by atoms with Crippen LogP contribution in [-0.4, -0.2) is 6.67 Å². The van der Waals surface area contributed by atoms with Crippen molar-refractivity contribution in [2.24, 2.45) is 0 Å². The van der Waals surface area contributed by atoms with Gasteiger partial charge in [-0.15, -0.1) is 0 Å². The molecule has 0 aromatic rings. The Morgan fingerprint density at radius 3 is 2.20 bits per heavy atom. The molecule has 0 heterocycles. The minimum absolute atomic E-state index is 0.167. The van der Waals surface area contributed by atoms with E-state index in [0.29, 0.717) is 0 Å². The lowest BCUT2D eigenvalue weighted by Crippen LogP contribution is -1.66. The molecule has 0 N–H and O–H groups in total. The summed E-state index contributed by atoms with van der Waals surface area (Å²) in [7, 11) is 0. The van der Waals surface area contributed by atoms with Crippen molar-refractivity contribution in [3.8, 4) is 0 Å². The first-order valence-electron chi connectivity index (χ1n) is 1.83. The quantitative estimate of drug-likeness (QED) is 0.439. The molecule has 29 valence electrons. The van der Waals surface area contributed by atoms with E-state index in [-0.39, 0.29) is 6.67 Å². The van der Waals surface area contributed by atoms with Crippen LogP contribution in [0.3, 0.4) is 0 Å². The molecule has 0 aliphatic heterocycles. The van der Waals surface area contributed by atoms with Gasteiger partial charge in [0.05, 0.1) is 6.67 Å². The van der Waals surface area contributed by atoms with Gasteiger partial charge in [0, 0.05) is 5.92 Å². The molecule has 0 unspecified atom stereocenters. The van der Waals surface area contributed by atoms with Gasteiger partial charge in [0.1, 0.15) is 0 Å². The van der Waals surface area contributed by atoms with Crippen LogP contribution in [-0.2, 0) is 0 Å². The van der Waals surface area contributed by atoms with E-state index in [1.54, 1.807) is 0 Å². The molecule has 1 aliphatic rings. The topological polar surface area (TPSA) is 0 Å². The van der Waals surface area contributed by atoms with E-state index in [2.05, 4.69) is 0 Å². The Hall–Kier alpha value is -0.0700. The van der Waals surface area contributed by atoms with Gasteiger partial charge in [0.2, 0.25) is 0 Å². The summed E-state index contributed by atoms with van der Waals surface area (Å²) in [4.78, 5) is 0. The van der Waals surface area contributed by atoms with E-state index in [1.165, 1.54) is 0 Å². The van der Waals surface area contributed by atoms with Gasteiger partial charge in [0.25, 0.3) is 0 Å². The molecule has 1 radical (unpaired) electrons. The monoisotopic (exact) mass is 73.0 g/mol. The lowest BCUT2D eigenvalue weighted by atomic mass is 10.5. The van der Waals surface area contributed by atoms with Crippen molar-refractivity contribution in [2.45, 2.75) is 12.8 Å². The SMILES string of the molecule is FC[C]1CC1. The Bertz CT molecular complexity index is 30.6. The molecule has 0 amide bonds. The highest BCUT2D eigenvalue weighted by Gasteiger charge is 2.20. The molecule has 0 saturated heterocycles. The second-order valence-electron chi connectivity index (χ2n) is 1.38. The van der Waals surface area contributed by atoms with Gasteiger partial charge in [-0.25, -0.2) is 0 Å². The van der Waals surface area contributed by atoms with Gasteiger partial charge in [-0.3, -0.25) is 4.39 Å². The molecule has 0 nitrogen and oxygen atoms in total. The van der Waals surface area contributed by atoms with Crippen molar-refractivity contribution in [3.63, 3.8) is 0 Å². The van der Waals surface area contributed by atoms with E-state index in [0.717, 1.165) is 18.8 Å². The number of halogens is 1. The summed E-state index contributed by atoms with van der Waals surface area (Å²) in [5, 5.41) is 0. The maximum atomic E-state index is 11.1. The van der Waals surface area contributed by atoms with Crippen molar-refractivity contribution in [1.82, 2.24) is 0 Å². The lowest BCUT2D eigenvalue weighted by molar-refractivity contribution is 0.531. The smallest absolute Gasteiger partial charge is 0.0956 e. The largest absolute Gasteiger partial charge is 0.250 e. The van der Waals surface area contributed by atoms with Gasteiger partial charge < -0.3 is 0 Å². The minimum Gasteiger partial charge on any atom is -0.250 e. The average molecular weight is 73.1 g/mol. The van der Waals surface area contributed by atoms with Crippen LogP contribution in [0.25, 0.3) is 0 Å². The first-order valence-corrected chi connectivity index (χ1v) is 1.83. The first-order chi connectivity index (χ1) is 2.43. The summed E-state index contributed by atoms with van der Waals surface area (Å²) < 4.78 is 11.1. The summed E-state index contributed by atoms with van der Waals surface area (Å²) in [6.07, 6.45) is 2.10. The fourth-order valence-corrected chi connectivity index (χ4v) is 0.222. The average Bonchev–Trinajstić information content (AvgIpc) is 2.12. The number of hydrogen-bond donors (Lipinski definition) is 0. The number of hydrogen-bond acceptors (Lipinski definition) is 0. The lowest BCUT2D eigenvalue weighted by Gasteiger charge is -1.68. The van der Waals surface area contributed by atoms with Gasteiger partial charge in [-0.2, -0.15) is 0 Å². The zero-order chi connectivity index (χ0) is 3.70. The third kappa shape index (κ3) is 0.602. The van der Waals surface area contributed by atoms with Crippen LogP contribution in [0.5, 0.6) is 0 Å². The standard InChI is InChI=1S/C4H6F/c5-3-4-1-2-4/h1-3H2. The molecule has 5 heavy (non-hydrogen) atoms. The number of alkyl halides is 1. The molecule has 0 aromatic heterocycles. The van der Waals surface area contributed by atoms with Crippen LogP contribution in [0, 0.1) is 5.92 Å². The summed E-state index contributed by atoms with van der Waals surface area (Å²) in [5.41, 5.74) is 0. The molecular weight excluding hydrogens is 67.0 g/mol. The molecule has 1 aliphatic carbocycles. The normalized spacial score (nSPS) is 23.4. The molecule has 0 atom stereocenters. The first kappa shape index (κ1) is 3.13. The molecule has 1 heteroatoms. The van der Waals surface area contributed by atoms with Crippen molar-refractivity contribution in [1.29, 1.82) is 0 Å². The van der Waals surface area contributed by atoms with Crippen LogP contribution in [0.4, 0.5) is 4.39 Å². The van der Waals surface area contributed by atoms with E-state index >= 15 is 0 Å². The van der Waals surface area contributed by atoms with Crippen LogP contribution in [0.15, 0.2) is 0 Å². The van der Waals surface area contributed by atoms with Gasteiger partial charge in [-0.05, 0) is 12.8 Å². The molecule has 1 saturated carbocycles. The molecule has 0 bridgehead atoms. The Morgan fingerprint density at radius 2 is 2.20 bits per heavy atom. The van der Waals surface area contributed by atoms with Crippen molar-refractivity contribution in [2.75, 3.05) is 6.67 Å². The van der Waals surface area contributed by atoms with Gasteiger partial charge in [0.15, 0.2) is 0 Å². The predicted molar refractivity (Wildman–Crippen MR) is 18.5 cm³/mol. The van der Waals surface area contributed by atoms with Gasteiger partial charge >= 0.3 is 0 Å². The maximum absolute atomic E-state index is 11.1. The fraction of sp³-hybridized carbons (Fsp3) is 0.750. The van der Waals surface area contributed by atoms with Crippen molar-refractivity contribution >= 4 is 0 Å². The second kappa shape index (κ2) is 0.959. The predicted octanol–water partition coefficient (Wildman–Crippen LogP) is 1.32. The van der Waals surface area contributed by atoms with E-state index < -0.39 is 0 Å². The molecule has 0 spiro atoms. The van der Waals surface area contributed by atoms with Crippen molar-refractivity contribution < 1.29 is 4.39 Å².